The summed E-state index contributed by atoms with van der Waals surface area (Å²) in [5.74, 6) is 0.0968. The standard InChI is InChI=1S/C18H26N2O5S/c1-18(2)16(25-26(3,22)23)15(20-9-5-4-6-10-20)13-11-12(17(19)21)7-8-14(13)24-18/h7-8,11,15-16H,4-6,9-10H2,1-3H3,(H2,19,21)/t15-,16+/m0/s1. The molecule has 144 valence electrons. The van der Waals surface area contributed by atoms with Crippen LogP contribution in [0.2, 0.25) is 0 Å². The SMILES string of the molecule is CC1(C)Oc2ccc(C(N)=O)cc2[C@H](N2CCCCC2)[C@H]1OS(C)(=O)=O. The number of carbonyl (C=O) groups excluding carboxylic acids is 1. The van der Waals surface area contributed by atoms with Gasteiger partial charge in [-0.3, -0.25) is 13.9 Å². The first-order valence-electron chi connectivity index (χ1n) is 8.83. The summed E-state index contributed by atoms with van der Waals surface area (Å²) in [5.41, 5.74) is 5.70. The van der Waals surface area contributed by atoms with Gasteiger partial charge in [0.15, 0.2) is 0 Å². The predicted molar refractivity (Wildman–Crippen MR) is 97.5 cm³/mol. The summed E-state index contributed by atoms with van der Waals surface area (Å²) in [7, 11) is -3.69. The van der Waals surface area contributed by atoms with Gasteiger partial charge in [-0.1, -0.05) is 6.42 Å². The first kappa shape index (κ1) is 19.1. The van der Waals surface area contributed by atoms with Crippen LogP contribution in [0.15, 0.2) is 18.2 Å². The monoisotopic (exact) mass is 382 g/mol. The third-order valence-corrected chi connectivity index (χ3v) is 5.58. The molecule has 7 nitrogen and oxygen atoms in total. The molecule has 0 aromatic heterocycles. The zero-order valence-electron chi connectivity index (χ0n) is 15.4. The van der Waals surface area contributed by atoms with Crippen LogP contribution >= 0.6 is 0 Å². The minimum Gasteiger partial charge on any atom is -0.485 e. The second-order valence-corrected chi connectivity index (χ2v) is 9.19. The number of likely N-dealkylation sites (tertiary alicyclic amines) is 1. The number of rotatable bonds is 4. The number of hydrogen-bond donors (Lipinski definition) is 1. The van der Waals surface area contributed by atoms with Gasteiger partial charge >= 0.3 is 0 Å². The minimum absolute atomic E-state index is 0.330. The van der Waals surface area contributed by atoms with E-state index in [0.717, 1.165) is 44.2 Å². The molecular weight excluding hydrogens is 356 g/mol. The highest BCUT2D eigenvalue weighted by atomic mass is 32.2. The van der Waals surface area contributed by atoms with Gasteiger partial charge in [-0.15, -0.1) is 0 Å². The van der Waals surface area contributed by atoms with Crippen molar-refractivity contribution in [2.45, 2.75) is 50.9 Å². The summed E-state index contributed by atoms with van der Waals surface area (Å²) in [4.78, 5) is 13.9. The molecule has 1 fully saturated rings. The van der Waals surface area contributed by atoms with Crippen molar-refractivity contribution in [3.63, 3.8) is 0 Å². The highest BCUT2D eigenvalue weighted by Crippen LogP contribution is 2.45. The van der Waals surface area contributed by atoms with E-state index in [9.17, 15) is 13.2 Å². The van der Waals surface area contributed by atoms with Gasteiger partial charge in [0.25, 0.3) is 10.1 Å². The maximum Gasteiger partial charge on any atom is 0.264 e. The largest absolute Gasteiger partial charge is 0.485 e. The summed E-state index contributed by atoms with van der Waals surface area (Å²) < 4.78 is 35.4. The van der Waals surface area contributed by atoms with Crippen LogP contribution in [0.4, 0.5) is 0 Å². The zero-order chi connectivity index (χ0) is 19.1. The molecule has 0 unspecified atom stereocenters. The van der Waals surface area contributed by atoms with Gasteiger partial charge < -0.3 is 10.5 Å². The van der Waals surface area contributed by atoms with Crippen LogP contribution in [0.5, 0.6) is 5.75 Å². The van der Waals surface area contributed by atoms with Crippen LogP contribution in [0, 0.1) is 0 Å². The van der Waals surface area contributed by atoms with Crippen molar-refractivity contribution in [3.05, 3.63) is 29.3 Å². The van der Waals surface area contributed by atoms with E-state index in [2.05, 4.69) is 4.90 Å². The number of ether oxygens (including phenoxy) is 1. The first-order valence-corrected chi connectivity index (χ1v) is 10.7. The van der Waals surface area contributed by atoms with E-state index in [0.29, 0.717) is 11.3 Å². The highest BCUT2D eigenvalue weighted by Gasteiger charge is 2.49. The Kier molecular flexibility index (Phi) is 5.02. The van der Waals surface area contributed by atoms with Crippen LogP contribution in [-0.2, 0) is 14.3 Å². The maximum absolute atomic E-state index is 11.9. The third-order valence-electron chi connectivity index (χ3n) is 5.02. The number of fused-ring (bicyclic) bond motifs is 1. The Morgan fingerprint density at radius 3 is 2.50 bits per heavy atom. The second kappa shape index (κ2) is 6.83. The smallest absolute Gasteiger partial charge is 0.264 e. The average Bonchev–Trinajstić information content (AvgIpc) is 2.54. The van der Waals surface area contributed by atoms with Crippen LogP contribution in [0.25, 0.3) is 0 Å². The van der Waals surface area contributed by atoms with Gasteiger partial charge in [-0.25, -0.2) is 0 Å². The van der Waals surface area contributed by atoms with E-state index in [1.54, 1.807) is 18.2 Å². The number of nitrogens with two attached hydrogens (primary N) is 1. The fourth-order valence-corrected chi connectivity index (χ4v) is 4.57. The van der Waals surface area contributed by atoms with Crippen molar-refractivity contribution in [1.82, 2.24) is 4.90 Å². The Labute approximate surface area is 154 Å². The van der Waals surface area contributed by atoms with Gasteiger partial charge in [0.1, 0.15) is 17.5 Å². The normalized spacial score (nSPS) is 26.0. The van der Waals surface area contributed by atoms with Crippen molar-refractivity contribution < 1.29 is 22.1 Å². The maximum atomic E-state index is 11.9. The van der Waals surface area contributed by atoms with Crippen molar-refractivity contribution in [1.29, 1.82) is 0 Å². The van der Waals surface area contributed by atoms with E-state index < -0.39 is 27.7 Å². The number of carbonyl (C=O) groups is 1. The van der Waals surface area contributed by atoms with Crippen molar-refractivity contribution in [2.24, 2.45) is 5.73 Å². The number of benzene rings is 1. The Balaban J connectivity index is 2.13. The topological polar surface area (TPSA) is 98.9 Å². The van der Waals surface area contributed by atoms with E-state index in [-0.39, 0.29) is 6.04 Å². The summed E-state index contributed by atoms with van der Waals surface area (Å²) in [6.45, 7) is 5.32. The Morgan fingerprint density at radius 2 is 1.92 bits per heavy atom. The number of hydrogen-bond acceptors (Lipinski definition) is 6. The second-order valence-electron chi connectivity index (χ2n) is 7.58. The molecule has 0 aliphatic carbocycles. The van der Waals surface area contributed by atoms with Crippen molar-refractivity contribution in [2.75, 3.05) is 19.3 Å². The molecule has 2 N–H and O–H groups in total. The molecular formula is C18H26N2O5S. The van der Waals surface area contributed by atoms with Gasteiger partial charge in [0, 0.05) is 11.1 Å². The van der Waals surface area contributed by atoms with E-state index in [1.807, 2.05) is 13.8 Å². The number of nitrogens with zero attached hydrogens (tertiary/aromatic N) is 1. The fourth-order valence-electron chi connectivity index (χ4n) is 3.85. The lowest BCUT2D eigenvalue weighted by molar-refractivity contribution is -0.0798. The first-order chi connectivity index (χ1) is 12.1. The van der Waals surface area contributed by atoms with Crippen LogP contribution in [0.3, 0.4) is 0 Å². The Hall–Kier alpha value is -1.64. The van der Waals surface area contributed by atoms with Gasteiger partial charge in [0.05, 0.1) is 12.3 Å². The molecule has 0 saturated carbocycles. The molecule has 3 rings (SSSR count). The van der Waals surface area contributed by atoms with Gasteiger partial charge in [-0.2, -0.15) is 8.42 Å². The molecule has 0 radical (unpaired) electrons. The molecule has 26 heavy (non-hydrogen) atoms. The summed E-state index contributed by atoms with van der Waals surface area (Å²) in [6.07, 6.45) is 3.54. The molecule has 1 aromatic rings. The van der Waals surface area contributed by atoms with Crippen molar-refractivity contribution >= 4 is 16.0 Å². The van der Waals surface area contributed by atoms with E-state index >= 15 is 0 Å². The number of primary amides is 1. The predicted octanol–water partition coefficient (Wildman–Crippen LogP) is 1.83. The molecule has 0 bridgehead atoms. The van der Waals surface area contributed by atoms with Crippen LogP contribution in [0.1, 0.15) is 55.1 Å². The summed E-state index contributed by atoms with van der Waals surface area (Å²) in [5, 5.41) is 0. The molecule has 1 aromatic carbocycles. The quantitative estimate of drug-likeness (QED) is 0.798. The lowest BCUT2D eigenvalue weighted by atomic mass is 9.84. The fraction of sp³-hybridized carbons (Fsp3) is 0.611. The highest BCUT2D eigenvalue weighted by molar-refractivity contribution is 7.86. The molecule has 1 saturated heterocycles. The molecule has 0 spiro atoms. The zero-order valence-corrected chi connectivity index (χ0v) is 16.2. The minimum atomic E-state index is -3.69. The van der Waals surface area contributed by atoms with Gasteiger partial charge in [0.2, 0.25) is 5.91 Å². The summed E-state index contributed by atoms with van der Waals surface area (Å²) >= 11 is 0. The molecule has 1 amide bonds. The number of amides is 1. The molecule has 2 aliphatic rings. The average molecular weight is 382 g/mol. The van der Waals surface area contributed by atoms with Crippen LogP contribution < -0.4 is 10.5 Å². The molecule has 2 aliphatic heterocycles. The Bertz CT molecular complexity index is 800. The number of piperidine rings is 1. The lowest BCUT2D eigenvalue weighted by Gasteiger charge is -2.48. The molecule has 8 heteroatoms. The van der Waals surface area contributed by atoms with Gasteiger partial charge in [-0.05, 0) is 58.0 Å². The summed E-state index contributed by atoms with van der Waals surface area (Å²) in [6, 6.07) is 4.72. The Morgan fingerprint density at radius 1 is 1.27 bits per heavy atom. The van der Waals surface area contributed by atoms with E-state index in [4.69, 9.17) is 14.7 Å². The molecule has 2 heterocycles. The van der Waals surface area contributed by atoms with Crippen LogP contribution in [-0.4, -0.2) is 50.3 Å². The third kappa shape index (κ3) is 3.87. The molecule has 2 atom stereocenters. The lowest BCUT2D eigenvalue weighted by Crippen LogP contribution is -2.56. The van der Waals surface area contributed by atoms with Crippen molar-refractivity contribution in [3.8, 4) is 5.75 Å². The van der Waals surface area contributed by atoms with E-state index in [1.165, 1.54) is 0 Å².